The molecule has 1 aliphatic rings. The van der Waals surface area contributed by atoms with Gasteiger partial charge in [-0.1, -0.05) is 12.1 Å². The fraction of sp³-hybridized carbons (Fsp3) is 0. The molecular formula is C41H24IN2O-. The molecule has 0 saturated carbocycles. The van der Waals surface area contributed by atoms with E-state index in [-0.39, 0.29) is 21.2 Å². The fourth-order valence-corrected chi connectivity index (χ4v) is 9.77. The molecule has 9 aromatic rings. The summed E-state index contributed by atoms with van der Waals surface area (Å²) in [6, 6.07) is 50.8. The van der Waals surface area contributed by atoms with Crippen LogP contribution in [0.4, 0.5) is 0 Å². The SMILES string of the molecule is c1cc(-c2ccc3oc4cccnc4c3c2)cc(-n2c3ccccc3c3cc(-c4ccc5c(c4)-c4ccccc4[I-]5)ccc32)c1. The molecule has 4 heteroatoms. The second kappa shape index (κ2) is 9.65. The zero-order valence-electron chi connectivity index (χ0n) is 24.0. The van der Waals surface area contributed by atoms with Crippen LogP contribution in [-0.2, 0) is 0 Å². The number of furan rings is 1. The first kappa shape index (κ1) is 25.2. The summed E-state index contributed by atoms with van der Waals surface area (Å²) in [7, 11) is 0. The quantitative estimate of drug-likeness (QED) is 0.180. The zero-order chi connectivity index (χ0) is 29.5. The summed E-state index contributed by atoms with van der Waals surface area (Å²) >= 11 is -0.102. The molecule has 212 valence electrons. The summed E-state index contributed by atoms with van der Waals surface area (Å²) in [6.07, 6.45) is 1.82. The molecule has 4 heterocycles. The standard InChI is InChI=1S/C41H24IN2O/c1-3-11-35-30(9-1)32-22-26(14-17-36(32)42-35)27-15-18-38-33(23-27)31-10-2-4-12-37(31)44(38)29-8-5-7-25(21-29)28-16-19-39-34(24-28)41-40(45-39)13-6-20-43-41/h1-24H/q-1. The summed E-state index contributed by atoms with van der Waals surface area (Å²) in [5.74, 6) is 0. The summed E-state index contributed by atoms with van der Waals surface area (Å²) < 4.78 is 11.5. The third-order valence-corrected chi connectivity index (χ3v) is 12.0. The molecule has 10 rings (SSSR count). The van der Waals surface area contributed by atoms with Crippen molar-refractivity contribution in [2.45, 2.75) is 0 Å². The van der Waals surface area contributed by atoms with E-state index in [0.29, 0.717) is 0 Å². The van der Waals surface area contributed by atoms with Crippen LogP contribution < -0.4 is 21.2 Å². The van der Waals surface area contributed by atoms with E-state index in [1.165, 1.54) is 51.2 Å². The number of para-hydroxylation sites is 1. The van der Waals surface area contributed by atoms with Gasteiger partial charge in [-0.15, -0.1) is 0 Å². The number of halogens is 1. The number of hydrogen-bond donors (Lipinski definition) is 0. The third kappa shape index (κ3) is 3.85. The molecule has 6 aromatic carbocycles. The number of rotatable bonds is 3. The number of hydrogen-bond acceptors (Lipinski definition) is 2. The second-order valence-electron chi connectivity index (χ2n) is 11.6. The van der Waals surface area contributed by atoms with Crippen LogP contribution in [0.15, 0.2) is 150 Å². The first-order chi connectivity index (χ1) is 22.3. The average Bonchev–Trinajstić information content (AvgIpc) is 3.77. The summed E-state index contributed by atoms with van der Waals surface area (Å²) in [4.78, 5) is 4.59. The van der Waals surface area contributed by atoms with E-state index in [0.717, 1.165) is 38.9 Å². The molecule has 0 atom stereocenters. The summed E-state index contributed by atoms with van der Waals surface area (Å²) in [6.45, 7) is 0. The first-order valence-electron chi connectivity index (χ1n) is 15.1. The van der Waals surface area contributed by atoms with Crippen LogP contribution >= 0.6 is 0 Å². The van der Waals surface area contributed by atoms with Crippen molar-refractivity contribution in [2.24, 2.45) is 0 Å². The van der Waals surface area contributed by atoms with Gasteiger partial charge in [-0.05, 0) is 29.8 Å². The van der Waals surface area contributed by atoms with Crippen LogP contribution in [0.1, 0.15) is 0 Å². The van der Waals surface area contributed by atoms with Crippen LogP contribution in [0.3, 0.4) is 0 Å². The van der Waals surface area contributed by atoms with Gasteiger partial charge in [-0.2, -0.15) is 0 Å². The monoisotopic (exact) mass is 687 g/mol. The molecular weight excluding hydrogens is 663 g/mol. The van der Waals surface area contributed by atoms with Crippen molar-refractivity contribution in [1.29, 1.82) is 0 Å². The summed E-state index contributed by atoms with van der Waals surface area (Å²) in [5, 5.41) is 3.56. The van der Waals surface area contributed by atoms with Gasteiger partial charge in [-0.25, -0.2) is 0 Å². The van der Waals surface area contributed by atoms with Crippen molar-refractivity contribution in [3.63, 3.8) is 0 Å². The Kier molecular flexibility index (Phi) is 5.39. The van der Waals surface area contributed by atoms with E-state index in [1.54, 1.807) is 0 Å². The summed E-state index contributed by atoms with van der Waals surface area (Å²) in [5.41, 5.74) is 13.8. The molecule has 0 fully saturated rings. The van der Waals surface area contributed by atoms with Crippen molar-refractivity contribution in [3.05, 3.63) is 153 Å². The molecule has 3 nitrogen and oxygen atoms in total. The molecule has 0 unspecified atom stereocenters. The van der Waals surface area contributed by atoms with E-state index in [1.807, 2.05) is 18.3 Å². The van der Waals surface area contributed by atoms with Crippen LogP contribution in [0.5, 0.6) is 0 Å². The Balaban J connectivity index is 1.11. The Morgan fingerprint density at radius 3 is 2.22 bits per heavy atom. The Morgan fingerprint density at radius 2 is 1.24 bits per heavy atom. The Bertz CT molecular complexity index is 2640. The molecule has 3 aromatic heterocycles. The van der Waals surface area contributed by atoms with Gasteiger partial charge in [0.25, 0.3) is 0 Å². The van der Waals surface area contributed by atoms with Crippen molar-refractivity contribution in [3.8, 4) is 39.1 Å². The van der Waals surface area contributed by atoms with Crippen molar-refractivity contribution >= 4 is 43.9 Å². The van der Waals surface area contributed by atoms with Crippen molar-refractivity contribution < 1.29 is 25.6 Å². The second-order valence-corrected chi connectivity index (χ2v) is 14.4. The number of benzene rings is 6. The van der Waals surface area contributed by atoms with Gasteiger partial charge in [0.1, 0.15) is 11.1 Å². The molecule has 0 amide bonds. The van der Waals surface area contributed by atoms with E-state index in [2.05, 4.69) is 137 Å². The predicted octanol–water partition coefficient (Wildman–Crippen LogP) is 7.52. The number of aromatic nitrogens is 2. The van der Waals surface area contributed by atoms with Gasteiger partial charge in [-0.3, -0.25) is 4.98 Å². The van der Waals surface area contributed by atoms with E-state index in [4.69, 9.17) is 4.42 Å². The van der Waals surface area contributed by atoms with Crippen LogP contribution in [0.25, 0.3) is 82.9 Å². The maximum absolute atomic E-state index is 6.04. The van der Waals surface area contributed by atoms with E-state index < -0.39 is 0 Å². The normalized spacial score (nSPS) is 12.5. The minimum absolute atomic E-state index is 0.102. The average molecular weight is 688 g/mol. The predicted molar refractivity (Wildman–Crippen MR) is 180 cm³/mol. The molecule has 0 N–H and O–H groups in total. The van der Waals surface area contributed by atoms with E-state index >= 15 is 0 Å². The molecule has 0 aliphatic carbocycles. The molecule has 45 heavy (non-hydrogen) atoms. The van der Waals surface area contributed by atoms with Crippen LogP contribution in [0, 0.1) is 7.14 Å². The zero-order valence-corrected chi connectivity index (χ0v) is 26.2. The third-order valence-electron chi connectivity index (χ3n) is 9.00. The molecule has 0 spiro atoms. The minimum atomic E-state index is -0.102. The Morgan fingerprint density at radius 1 is 0.489 bits per heavy atom. The topological polar surface area (TPSA) is 31.0 Å². The molecule has 0 bridgehead atoms. The Hall–Kier alpha value is -5.20. The van der Waals surface area contributed by atoms with Gasteiger partial charge in [0.05, 0.1) is 0 Å². The van der Waals surface area contributed by atoms with Crippen molar-refractivity contribution in [2.75, 3.05) is 0 Å². The maximum atomic E-state index is 6.04. The molecule has 0 radical (unpaired) electrons. The van der Waals surface area contributed by atoms with Gasteiger partial charge in [0, 0.05) is 11.6 Å². The number of pyridine rings is 1. The van der Waals surface area contributed by atoms with Gasteiger partial charge in [0.15, 0.2) is 5.58 Å². The van der Waals surface area contributed by atoms with Gasteiger partial charge >= 0.3 is 191 Å². The fourth-order valence-electron chi connectivity index (χ4n) is 6.90. The van der Waals surface area contributed by atoms with Crippen LogP contribution in [-0.4, -0.2) is 9.55 Å². The molecule has 0 saturated heterocycles. The molecule has 1 aliphatic heterocycles. The number of nitrogens with zero attached hydrogens (tertiary/aromatic N) is 2. The van der Waals surface area contributed by atoms with E-state index in [9.17, 15) is 0 Å². The van der Waals surface area contributed by atoms with Gasteiger partial charge in [0.2, 0.25) is 0 Å². The van der Waals surface area contributed by atoms with Crippen LogP contribution in [0.2, 0.25) is 0 Å². The van der Waals surface area contributed by atoms with Gasteiger partial charge < -0.3 is 4.42 Å². The van der Waals surface area contributed by atoms with Crippen molar-refractivity contribution in [1.82, 2.24) is 9.55 Å². The first-order valence-corrected chi connectivity index (χ1v) is 17.2. The number of fused-ring (bicyclic) bond motifs is 9. The Labute approximate surface area is 269 Å².